The van der Waals surface area contributed by atoms with Gasteiger partial charge in [-0.25, -0.2) is 4.39 Å². The van der Waals surface area contributed by atoms with Gasteiger partial charge in [-0.15, -0.1) is 0 Å². The van der Waals surface area contributed by atoms with Crippen LogP contribution < -0.4 is 5.32 Å². The second kappa shape index (κ2) is 6.95. The van der Waals surface area contributed by atoms with E-state index in [1.54, 1.807) is 12.4 Å². The number of halogens is 2. The second-order valence-corrected chi connectivity index (χ2v) is 5.63. The molecule has 1 N–H and O–H groups in total. The van der Waals surface area contributed by atoms with Crippen molar-refractivity contribution in [2.45, 2.75) is 25.8 Å². The van der Waals surface area contributed by atoms with Crippen molar-refractivity contribution >= 4 is 15.9 Å². The van der Waals surface area contributed by atoms with Crippen LogP contribution in [0.3, 0.4) is 0 Å². The molecule has 1 heterocycles. The molecule has 0 aliphatic rings. The summed E-state index contributed by atoms with van der Waals surface area (Å²) in [5.74, 6) is 0.0378. The zero-order valence-corrected chi connectivity index (χ0v) is 13.2. The Labute approximate surface area is 127 Å². The maximum absolute atomic E-state index is 13.4. The van der Waals surface area contributed by atoms with E-state index in [9.17, 15) is 4.39 Å². The van der Waals surface area contributed by atoms with Crippen LogP contribution in [-0.4, -0.2) is 11.5 Å². The first-order chi connectivity index (χ1) is 9.63. The van der Waals surface area contributed by atoms with Crippen LogP contribution in [-0.2, 0) is 0 Å². The van der Waals surface area contributed by atoms with Crippen LogP contribution in [0.5, 0.6) is 0 Å². The first kappa shape index (κ1) is 15.1. The third-order valence-corrected chi connectivity index (χ3v) is 4.07. The highest BCUT2D eigenvalue weighted by molar-refractivity contribution is 9.10. The zero-order chi connectivity index (χ0) is 14.5. The van der Waals surface area contributed by atoms with Crippen molar-refractivity contribution in [1.29, 1.82) is 0 Å². The van der Waals surface area contributed by atoms with Gasteiger partial charge in [0.1, 0.15) is 5.82 Å². The van der Waals surface area contributed by atoms with Crippen molar-refractivity contribution in [3.63, 3.8) is 0 Å². The lowest BCUT2D eigenvalue weighted by molar-refractivity contribution is 0.477. The summed E-state index contributed by atoms with van der Waals surface area (Å²) in [5.41, 5.74) is 2.29. The summed E-state index contributed by atoms with van der Waals surface area (Å²) in [5, 5.41) is 3.48. The number of pyridine rings is 1. The minimum absolute atomic E-state index is 0.138. The van der Waals surface area contributed by atoms with Gasteiger partial charge < -0.3 is 5.32 Å². The molecule has 0 radical (unpaired) electrons. The van der Waals surface area contributed by atoms with Gasteiger partial charge >= 0.3 is 0 Å². The lowest BCUT2D eigenvalue weighted by Gasteiger charge is -2.26. The predicted octanol–water partition coefficient (Wildman–Crippen LogP) is 4.44. The largest absolute Gasteiger partial charge is 0.310 e. The number of likely N-dealkylation sites (N-methyl/N-ethyl adjacent to an activating group) is 1. The zero-order valence-electron chi connectivity index (χ0n) is 11.6. The first-order valence-electron chi connectivity index (χ1n) is 6.71. The van der Waals surface area contributed by atoms with Crippen LogP contribution in [0, 0.1) is 5.82 Å². The summed E-state index contributed by atoms with van der Waals surface area (Å²) in [6.45, 7) is 5.10. The number of hydrogen-bond donors (Lipinski definition) is 1. The molecule has 2 aromatic rings. The van der Waals surface area contributed by atoms with E-state index in [4.69, 9.17) is 0 Å². The SMILES string of the molecule is CCNC(c1ccc(F)c(Br)c1)C(C)c1ccncc1. The summed E-state index contributed by atoms with van der Waals surface area (Å²) in [6, 6.07) is 9.37. The number of nitrogens with zero attached hydrogens (tertiary/aromatic N) is 1. The summed E-state index contributed by atoms with van der Waals surface area (Å²) in [4.78, 5) is 4.05. The van der Waals surface area contributed by atoms with Crippen LogP contribution in [0.2, 0.25) is 0 Å². The fourth-order valence-corrected chi connectivity index (χ4v) is 2.77. The van der Waals surface area contributed by atoms with E-state index >= 15 is 0 Å². The minimum Gasteiger partial charge on any atom is -0.310 e. The van der Waals surface area contributed by atoms with Gasteiger partial charge in [-0.3, -0.25) is 4.98 Å². The Balaban J connectivity index is 2.33. The van der Waals surface area contributed by atoms with Gasteiger partial charge in [-0.2, -0.15) is 0 Å². The number of aromatic nitrogens is 1. The summed E-state index contributed by atoms with van der Waals surface area (Å²) < 4.78 is 13.9. The van der Waals surface area contributed by atoms with E-state index in [1.807, 2.05) is 24.3 Å². The fourth-order valence-electron chi connectivity index (χ4n) is 2.37. The van der Waals surface area contributed by atoms with Crippen molar-refractivity contribution in [2.24, 2.45) is 0 Å². The van der Waals surface area contributed by atoms with Crippen LogP contribution >= 0.6 is 15.9 Å². The molecule has 2 nitrogen and oxygen atoms in total. The number of rotatable bonds is 5. The van der Waals surface area contributed by atoms with E-state index in [1.165, 1.54) is 11.6 Å². The molecule has 0 saturated carbocycles. The second-order valence-electron chi connectivity index (χ2n) is 4.78. The molecular formula is C16H18BrFN2. The highest BCUT2D eigenvalue weighted by Gasteiger charge is 2.20. The first-order valence-corrected chi connectivity index (χ1v) is 7.51. The molecule has 1 aromatic carbocycles. The van der Waals surface area contributed by atoms with E-state index in [2.05, 4.69) is 40.1 Å². The van der Waals surface area contributed by atoms with Crippen LogP contribution in [0.15, 0.2) is 47.2 Å². The number of nitrogens with one attached hydrogen (secondary N) is 1. The topological polar surface area (TPSA) is 24.9 Å². The lowest BCUT2D eigenvalue weighted by atomic mass is 9.89. The van der Waals surface area contributed by atoms with E-state index < -0.39 is 0 Å². The summed E-state index contributed by atoms with van der Waals surface area (Å²) >= 11 is 3.26. The molecule has 0 spiro atoms. The normalized spacial score (nSPS) is 14.0. The van der Waals surface area contributed by atoms with Gasteiger partial charge in [0.05, 0.1) is 4.47 Å². The molecule has 0 amide bonds. The quantitative estimate of drug-likeness (QED) is 0.873. The van der Waals surface area contributed by atoms with Crippen molar-refractivity contribution in [3.8, 4) is 0 Å². The molecule has 0 aliphatic carbocycles. The molecule has 1 aromatic heterocycles. The molecule has 0 fully saturated rings. The minimum atomic E-state index is -0.236. The van der Waals surface area contributed by atoms with Crippen LogP contribution in [0.4, 0.5) is 4.39 Å². The molecule has 106 valence electrons. The third kappa shape index (κ3) is 3.44. The average Bonchev–Trinajstić information content (AvgIpc) is 2.48. The Morgan fingerprint density at radius 3 is 2.50 bits per heavy atom. The van der Waals surface area contributed by atoms with Gasteiger partial charge in [0.15, 0.2) is 0 Å². The Morgan fingerprint density at radius 2 is 1.90 bits per heavy atom. The van der Waals surface area contributed by atoms with Gasteiger partial charge in [0, 0.05) is 24.4 Å². The molecule has 20 heavy (non-hydrogen) atoms. The van der Waals surface area contributed by atoms with E-state index in [0.29, 0.717) is 4.47 Å². The van der Waals surface area contributed by atoms with Crippen molar-refractivity contribution in [1.82, 2.24) is 10.3 Å². The lowest BCUT2D eigenvalue weighted by Crippen LogP contribution is -2.25. The molecule has 2 rings (SSSR count). The molecular weight excluding hydrogens is 319 g/mol. The predicted molar refractivity (Wildman–Crippen MR) is 83.2 cm³/mol. The highest BCUT2D eigenvalue weighted by Crippen LogP contribution is 2.32. The Bertz CT molecular complexity index is 560. The van der Waals surface area contributed by atoms with E-state index in [-0.39, 0.29) is 17.8 Å². The monoisotopic (exact) mass is 336 g/mol. The fraction of sp³-hybridized carbons (Fsp3) is 0.312. The summed E-state index contributed by atoms with van der Waals surface area (Å²) in [7, 11) is 0. The van der Waals surface area contributed by atoms with Crippen LogP contribution in [0.25, 0.3) is 0 Å². The Hall–Kier alpha value is -1.26. The van der Waals surface area contributed by atoms with Crippen molar-refractivity contribution < 1.29 is 4.39 Å². The maximum Gasteiger partial charge on any atom is 0.137 e. The van der Waals surface area contributed by atoms with Gasteiger partial charge in [-0.05, 0) is 57.9 Å². The standard InChI is InChI=1S/C16H18BrFN2/c1-3-20-16(11(2)12-6-8-19-9-7-12)13-4-5-15(18)14(17)10-13/h4-11,16,20H,3H2,1-2H3. The van der Waals surface area contributed by atoms with E-state index in [0.717, 1.165) is 12.1 Å². The maximum atomic E-state index is 13.4. The smallest absolute Gasteiger partial charge is 0.137 e. The average molecular weight is 337 g/mol. The molecule has 2 atom stereocenters. The van der Waals surface area contributed by atoms with Gasteiger partial charge in [0.25, 0.3) is 0 Å². The highest BCUT2D eigenvalue weighted by atomic mass is 79.9. The van der Waals surface area contributed by atoms with Crippen molar-refractivity contribution in [2.75, 3.05) is 6.54 Å². The summed E-state index contributed by atoms with van der Waals surface area (Å²) in [6.07, 6.45) is 3.60. The van der Waals surface area contributed by atoms with Crippen molar-refractivity contribution in [3.05, 3.63) is 64.1 Å². The molecule has 4 heteroatoms. The molecule has 0 saturated heterocycles. The van der Waals surface area contributed by atoms with Crippen LogP contribution in [0.1, 0.15) is 36.9 Å². The number of benzene rings is 1. The third-order valence-electron chi connectivity index (χ3n) is 3.46. The molecule has 0 bridgehead atoms. The Morgan fingerprint density at radius 1 is 1.20 bits per heavy atom. The van der Waals surface area contributed by atoms with Gasteiger partial charge in [0.2, 0.25) is 0 Å². The molecule has 0 aliphatic heterocycles. The molecule has 2 unspecified atom stereocenters. The number of hydrogen-bond acceptors (Lipinski definition) is 2. The van der Waals surface area contributed by atoms with Gasteiger partial charge in [-0.1, -0.05) is 19.9 Å². The Kier molecular flexibility index (Phi) is 5.26.